The van der Waals surface area contributed by atoms with E-state index in [2.05, 4.69) is 58.7 Å². The molecular weight excluding hydrogens is 224 g/mol. The van der Waals surface area contributed by atoms with Gasteiger partial charge in [-0.1, -0.05) is 48.0 Å². The first-order chi connectivity index (χ1) is 8.20. The molecular formula is C15H30N2O. The Balaban J connectivity index is 2.94. The monoisotopic (exact) mass is 254 g/mol. The first-order valence-corrected chi connectivity index (χ1v) is 7.28. The van der Waals surface area contributed by atoms with Crippen molar-refractivity contribution in [3.8, 4) is 0 Å². The predicted octanol–water partition coefficient (Wildman–Crippen LogP) is 3.00. The van der Waals surface area contributed by atoms with Crippen LogP contribution in [-0.2, 0) is 4.79 Å². The van der Waals surface area contributed by atoms with Crippen molar-refractivity contribution in [1.82, 2.24) is 10.2 Å². The van der Waals surface area contributed by atoms with E-state index in [1.165, 1.54) is 0 Å². The van der Waals surface area contributed by atoms with Crippen LogP contribution in [0.25, 0.3) is 0 Å². The number of carbonyl (C=O) groups is 1. The number of rotatable bonds is 4. The second kappa shape index (κ2) is 5.60. The third-order valence-corrected chi connectivity index (χ3v) is 4.10. The molecule has 18 heavy (non-hydrogen) atoms. The highest BCUT2D eigenvalue weighted by Crippen LogP contribution is 2.31. The molecule has 1 aliphatic rings. The van der Waals surface area contributed by atoms with E-state index in [-0.39, 0.29) is 29.6 Å². The van der Waals surface area contributed by atoms with Crippen LogP contribution in [0.5, 0.6) is 0 Å². The highest BCUT2D eigenvalue weighted by Gasteiger charge is 2.44. The third-order valence-electron chi connectivity index (χ3n) is 4.10. The number of nitrogens with zero attached hydrogens (tertiary/aromatic N) is 1. The SMILES string of the molecule is CCCC1NC(C(C)C)N(C(C)C(C)(C)C)C1=O. The largest absolute Gasteiger partial charge is 0.322 e. The van der Waals surface area contributed by atoms with Gasteiger partial charge in [0.1, 0.15) is 0 Å². The molecule has 1 saturated heterocycles. The van der Waals surface area contributed by atoms with Crippen LogP contribution < -0.4 is 5.32 Å². The maximum Gasteiger partial charge on any atom is 0.241 e. The maximum absolute atomic E-state index is 12.6. The van der Waals surface area contributed by atoms with Gasteiger partial charge in [0.25, 0.3) is 0 Å². The number of amides is 1. The van der Waals surface area contributed by atoms with Gasteiger partial charge < -0.3 is 4.90 Å². The Hall–Kier alpha value is -0.570. The molecule has 1 N–H and O–H groups in total. The lowest BCUT2D eigenvalue weighted by molar-refractivity contribution is -0.135. The minimum Gasteiger partial charge on any atom is -0.322 e. The molecule has 0 aromatic rings. The molecule has 0 aliphatic carbocycles. The fraction of sp³-hybridized carbons (Fsp3) is 0.933. The fourth-order valence-electron chi connectivity index (χ4n) is 2.53. The average molecular weight is 254 g/mol. The minimum atomic E-state index is 0.0206. The zero-order valence-corrected chi connectivity index (χ0v) is 13.1. The number of hydrogen-bond donors (Lipinski definition) is 1. The molecule has 3 atom stereocenters. The van der Waals surface area contributed by atoms with E-state index in [0.29, 0.717) is 5.92 Å². The molecule has 1 amide bonds. The van der Waals surface area contributed by atoms with Gasteiger partial charge in [-0.2, -0.15) is 0 Å². The van der Waals surface area contributed by atoms with Crippen molar-refractivity contribution in [2.45, 2.75) is 79.6 Å². The van der Waals surface area contributed by atoms with Crippen LogP contribution in [0, 0.1) is 11.3 Å². The quantitative estimate of drug-likeness (QED) is 0.836. The van der Waals surface area contributed by atoms with E-state index in [1.54, 1.807) is 0 Å². The molecule has 0 radical (unpaired) electrons. The number of nitrogens with one attached hydrogen (secondary N) is 1. The first-order valence-electron chi connectivity index (χ1n) is 7.28. The number of hydrogen-bond acceptors (Lipinski definition) is 2. The van der Waals surface area contributed by atoms with Crippen molar-refractivity contribution in [3.05, 3.63) is 0 Å². The van der Waals surface area contributed by atoms with Crippen molar-refractivity contribution in [2.24, 2.45) is 11.3 Å². The van der Waals surface area contributed by atoms with E-state index in [4.69, 9.17) is 0 Å². The van der Waals surface area contributed by atoms with Gasteiger partial charge in [0.15, 0.2) is 0 Å². The van der Waals surface area contributed by atoms with Crippen LogP contribution in [-0.4, -0.2) is 29.1 Å². The molecule has 106 valence electrons. The standard InChI is InChI=1S/C15H30N2O/c1-8-9-12-14(18)17(11(4)15(5,6)7)13(16-12)10(2)3/h10-13,16H,8-9H2,1-7H3. The third kappa shape index (κ3) is 3.05. The van der Waals surface area contributed by atoms with Crippen molar-refractivity contribution in [3.63, 3.8) is 0 Å². The highest BCUT2D eigenvalue weighted by atomic mass is 16.2. The second-order valence-electron chi connectivity index (χ2n) is 6.98. The van der Waals surface area contributed by atoms with Crippen LogP contribution >= 0.6 is 0 Å². The Bertz CT molecular complexity index is 293. The molecule has 0 bridgehead atoms. The molecule has 0 aromatic carbocycles. The Labute approximate surface area is 112 Å². The van der Waals surface area contributed by atoms with E-state index >= 15 is 0 Å². The van der Waals surface area contributed by atoms with Crippen LogP contribution in [0.15, 0.2) is 0 Å². The van der Waals surface area contributed by atoms with E-state index < -0.39 is 0 Å². The molecule has 1 heterocycles. The maximum atomic E-state index is 12.6. The van der Waals surface area contributed by atoms with Crippen molar-refractivity contribution in [2.75, 3.05) is 0 Å². The molecule has 3 nitrogen and oxygen atoms in total. The van der Waals surface area contributed by atoms with Crippen LogP contribution in [0.1, 0.15) is 61.3 Å². The summed E-state index contributed by atoms with van der Waals surface area (Å²) in [5.74, 6) is 0.735. The lowest BCUT2D eigenvalue weighted by Gasteiger charge is -2.40. The number of carbonyl (C=O) groups excluding carboxylic acids is 1. The Morgan fingerprint density at radius 2 is 1.83 bits per heavy atom. The Morgan fingerprint density at radius 1 is 1.28 bits per heavy atom. The van der Waals surface area contributed by atoms with Crippen molar-refractivity contribution in [1.29, 1.82) is 0 Å². The normalized spacial score (nSPS) is 27.1. The topological polar surface area (TPSA) is 32.3 Å². The highest BCUT2D eigenvalue weighted by molar-refractivity contribution is 5.84. The molecule has 0 saturated carbocycles. The Kier molecular flexibility index (Phi) is 4.82. The summed E-state index contributed by atoms with van der Waals surface area (Å²) in [6, 6.07) is 0.277. The molecule has 3 unspecified atom stereocenters. The van der Waals surface area contributed by atoms with Crippen LogP contribution in [0.4, 0.5) is 0 Å². The van der Waals surface area contributed by atoms with Gasteiger partial charge in [0.2, 0.25) is 5.91 Å². The summed E-state index contributed by atoms with van der Waals surface area (Å²) in [7, 11) is 0. The lowest BCUT2D eigenvalue weighted by Crippen LogP contribution is -2.50. The molecule has 1 aliphatic heterocycles. The zero-order valence-electron chi connectivity index (χ0n) is 13.1. The molecule has 0 aromatic heterocycles. The Morgan fingerprint density at radius 3 is 2.22 bits per heavy atom. The van der Waals surface area contributed by atoms with Crippen molar-refractivity contribution < 1.29 is 4.79 Å². The summed E-state index contributed by atoms with van der Waals surface area (Å²) in [5.41, 5.74) is 0.117. The van der Waals surface area contributed by atoms with E-state index in [1.807, 2.05) is 0 Å². The summed E-state index contributed by atoms with van der Waals surface area (Å²) in [5, 5.41) is 3.52. The summed E-state index contributed by atoms with van der Waals surface area (Å²) in [4.78, 5) is 14.7. The molecule has 0 spiro atoms. The van der Waals surface area contributed by atoms with Crippen molar-refractivity contribution >= 4 is 5.91 Å². The first kappa shape index (κ1) is 15.5. The van der Waals surface area contributed by atoms with E-state index in [9.17, 15) is 4.79 Å². The van der Waals surface area contributed by atoms with Gasteiger partial charge in [-0.3, -0.25) is 10.1 Å². The van der Waals surface area contributed by atoms with Crippen LogP contribution in [0.2, 0.25) is 0 Å². The zero-order chi connectivity index (χ0) is 14.1. The van der Waals surface area contributed by atoms with Gasteiger partial charge in [-0.05, 0) is 24.7 Å². The molecule has 3 heteroatoms. The van der Waals surface area contributed by atoms with Gasteiger partial charge in [0.05, 0.1) is 12.2 Å². The average Bonchev–Trinajstić information content (AvgIpc) is 2.55. The minimum absolute atomic E-state index is 0.0206. The summed E-state index contributed by atoms with van der Waals surface area (Å²) in [6.07, 6.45) is 2.17. The fourth-order valence-corrected chi connectivity index (χ4v) is 2.53. The molecule has 1 rings (SSSR count). The van der Waals surface area contributed by atoms with Gasteiger partial charge in [-0.25, -0.2) is 0 Å². The van der Waals surface area contributed by atoms with Crippen LogP contribution in [0.3, 0.4) is 0 Å². The molecule has 1 fully saturated rings. The summed E-state index contributed by atoms with van der Waals surface area (Å²) in [6.45, 7) is 15.3. The predicted molar refractivity (Wildman–Crippen MR) is 76.2 cm³/mol. The lowest BCUT2D eigenvalue weighted by atomic mass is 9.86. The van der Waals surface area contributed by atoms with Gasteiger partial charge in [-0.15, -0.1) is 0 Å². The smallest absolute Gasteiger partial charge is 0.241 e. The second-order valence-corrected chi connectivity index (χ2v) is 6.98. The van der Waals surface area contributed by atoms with Gasteiger partial charge in [0, 0.05) is 6.04 Å². The van der Waals surface area contributed by atoms with Gasteiger partial charge >= 0.3 is 0 Å². The summed E-state index contributed by atoms with van der Waals surface area (Å²) < 4.78 is 0. The summed E-state index contributed by atoms with van der Waals surface area (Å²) >= 11 is 0. The van der Waals surface area contributed by atoms with E-state index in [0.717, 1.165) is 12.8 Å².